The van der Waals surface area contributed by atoms with Crippen LogP contribution in [0.15, 0.2) is 0 Å². The Morgan fingerprint density at radius 1 is 1.36 bits per heavy atom. The van der Waals surface area contributed by atoms with Crippen LogP contribution in [0.4, 0.5) is 0 Å². The normalized spacial score (nSPS) is 23.5. The molecule has 0 aromatic rings. The second kappa shape index (κ2) is 4.73. The highest BCUT2D eigenvalue weighted by Crippen LogP contribution is 2.23. The van der Waals surface area contributed by atoms with Crippen molar-refractivity contribution >= 4 is 0 Å². The van der Waals surface area contributed by atoms with Crippen molar-refractivity contribution in [3.05, 3.63) is 0 Å². The van der Waals surface area contributed by atoms with Crippen molar-refractivity contribution < 1.29 is 4.74 Å². The molecule has 0 heterocycles. The minimum absolute atomic E-state index is 0.586. The molecule has 1 aliphatic rings. The zero-order valence-electron chi connectivity index (χ0n) is 7.25. The molecule has 0 saturated heterocycles. The summed E-state index contributed by atoms with van der Waals surface area (Å²) in [5.41, 5.74) is 8.86. The molecule has 0 bridgehead atoms. The van der Waals surface area contributed by atoms with E-state index in [2.05, 4.69) is 0 Å². The van der Waals surface area contributed by atoms with Gasteiger partial charge in [-0.15, -0.1) is 5.73 Å². The van der Waals surface area contributed by atoms with Crippen molar-refractivity contribution in [2.75, 3.05) is 6.61 Å². The summed E-state index contributed by atoms with van der Waals surface area (Å²) in [6.45, 7) is 2.42. The minimum atomic E-state index is -0.586. The van der Waals surface area contributed by atoms with E-state index in [1.54, 1.807) is 6.92 Å². The molecule has 0 spiro atoms. The number of nitrogens with zero attached hydrogens (tertiary/aromatic N) is 1. The molecule has 1 saturated carbocycles. The molecule has 11 heavy (non-hydrogen) atoms. The average Bonchev–Trinajstić information content (AvgIpc) is 2.03. The predicted octanol–water partition coefficient (Wildman–Crippen LogP) is 2.00. The molecule has 1 rings (SSSR count). The van der Waals surface area contributed by atoms with Crippen molar-refractivity contribution in [3.63, 3.8) is 0 Å². The molecule has 0 aromatic carbocycles. The summed E-state index contributed by atoms with van der Waals surface area (Å²) in [6, 6.07) is 0. The summed E-state index contributed by atoms with van der Waals surface area (Å²) < 4.78 is 5.14. The van der Waals surface area contributed by atoms with Gasteiger partial charge in [0, 0.05) is 0 Å². The highest BCUT2D eigenvalue weighted by atomic mass is 16.5. The van der Waals surface area contributed by atoms with E-state index >= 15 is 0 Å². The Morgan fingerprint density at radius 3 is 2.55 bits per heavy atom. The van der Waals surface area contributed by atoms with E-state index in [9.17, 15) is 0 Å². The van der Waals surface area contributed by atoms with Crippen LogP contribution in [0.2, 0.25) is 0 Å². The molecular formula is C9H17NO. The second-order valence-electron chi connectivity index (χ2n) is 3.44. The molecule has 1 atom stereocenters. The molecular weight excluding hydrogens is 138 g/mol. The Labute approximate surface area is 69.1 Å². The highest BCUT2D eigenvalue weighted by Gasteiger charge is 2.13. The Balaban J connectivity index is 2.05. The first kappa shape index (κ1) is 9.01. The highest BCUT2D eigenvalue weighted by molar-refractivity contribution is 4.64. The first-order valence-corrected chi connectivity index (χ1v) is 4.58. The van der Waals surface area contributed by atoms with Gasteiger partial charge in [-0.1, -0.05) is 19.3 Å². The smallest absolute Gasteiger partial charge is 0.138 e. The topological polar surface area (TPSA) is 31.5 Å². The van der Waals surface area contributed by atoms with Gasteiger partial charge in [-0.25, -0.2) is 0 Å². The standard InChI is InChI=1S/C9H17NO/c1-8(10)11-7-9-5-3-2-4-6-9/h8-9H,2-7H2,1H3/t8-/m1/s1. The lowest BCUT2D eigenvalue weighted by atomic mass is 9.90. The Hall–Kier alpha value is -0.0800. The average molecular weight is 155 g/mol. The van der Waals surface area contributed by atoms with Crippen molar-refractivity contribution in [2.45, 2.75) is 45.3 Å². The maximum absolute atomic E-state index is 8.86. The van der Waals surface area contributed by atoms with Crippen LogP contribution in [-0.2, 0) is 4.74 Å². The zero-order chi connectivity index (χ0) is 8.10. The SMILES string of the molecule is C[C@H]([N])OCC1CCCCC1. The van der Waals surface area contributed by atoms with Gasteiger partial charge in [-0.2, -0.15) is 0 Å². The fourth-order valence-corrected chi connectivity index (χ4v) is 1.63. The van der Waals surface area contributed by atoms with E-state index < -0.39 is 6.23 Å². The largest absolute Gasteiger partial charge is 0.360 e. The van der Waals surface area contributed by atoms with E-state index in [0.29, 0.717) is 5.92 Å². The van der Waals surface area contributed by atoms with Crippen molar-refractivity contribution in [1.29, 1.82) is 0 Å². The quantitative estimate of drug-likeness (QED) is 0.613. The van der Waals surface area contributed by atoms with E-state index in [-0.39, 0.29) is 0 Å². The van der Waals surface area contributed by atoms with Crippen LogP contribution in [0, 0.1) is 5.92 Å². The maximum atomic E-state index is 8.86. The van der Waals surface area contributed by atoms with E-state index in [4.69, 9.17) is 10.5 Å². The zero-order valence-corrected chi connectivity index (χ0v) is 7.25. The Kier molecular flexibility index (Phi) is 3.87. The molecule has 0 amide bonds. The molecule has 2 heteroatoms. The third kappa shape index (κ3) is 3.73. The number of rotatable bonds is 3. The molecule has 1 fully saturated rings. The van der Waals surface area contributed by atoms with E-state index in [1.807, 2.05) is 0 Å². The van der Waals surface area contributed by atoms with Crippen LogP contribution in [-0.4, -0.2) is 12.8 Å². The van der Waals surface area contributed by atoms with Gasteiger partial charge in [0.05, 0.1) is 6.61 Å². The molecule has 1 aliphatic carbocycles. The Bertz CT molecular complexity index is 97.7. The first-order valence-electron chi connectivity index (χ1n) is 4.58. The van der Waals surface area contributed by atoms with Crippen LogP contribution in [0.5, 0.6) is 0 Å². The molecule has 0 N–H and O–H groups in total. The fraction of sp³-hybridized carbons (Fsp3) is 1.00. The summed E-state index contributed by atoms with van der Waals surface area (Å²) in [4.78, 5) is 0. The predicted molar refractivity (Wildman–Crippen MR) is 44.1 cm³/mol. The van der Waals surface area contributed by atoms with Gasteiger partial charge in [-0.05, 0) is 25.7 Å². The van der Waals surface area contributed by atoms with Gasteiger partial charge in [0.15, 0.2) is 0 Å². The molecule has 2 nitrogen and oxygen atoms in total. The Morgan fingerprint density at radius 2 is 2.00 bits per heavy atom. The summed E-state index contributed by atoms with van der Waals surface area (Å²) in [6.07, 6.45) is 6.05. The minimum Gasteiger partial charge on any atom is -0.360 e. The first-order chi connectivity index (χ1) is 5.29. The van der Waals surface area contributed by atoms with Gasteiger partial charge in [0.2, 0.25) is 0 Å². The molecule has 64 valence electrons. The van der Waals surface area contributed by atoms with Crippen molar-refractivity contribution in [1.82, 2.24) is 5.73 Å². The summed E-state index contributed by atoms with van der Waals surface area (Å²) in [7, 11) is 0. The molecule has 2 radical (unpaired) electrons. The molecule has 0 aliphatic heterocycles. The van der Waals surface area contributed by atoms with Crippen LogP contribution in [0.25, 0.3) is 0 Å². The lowest BCUT2D eigenvalue weighted by molar-refractivity contribution is 0.0306. The van der Waals surface area contributed by atoms with E-state index in [0.717, 1.165) is 6.61 Å². The monoisotopic (exact) mass is 155 g/mol. The summed E-state index contributed by atoms with van der Waals surface area (Å²) in [5, 5.41) is 0. The van der Waals surface area contributed by atoms with Gasteiger partial charge >= 0.3 is 0 Å². The third-order valence-corrected chi connectivity index (χ3v) is 2.30. The van der Waals surface area contributed by atoms with Crippen molar-refractivity contribution in [2.24, 2.45) is 5.92 Å². The molecule has 0 unspecified atom stereocenters. The van der Waals surface area contributed by atoms with Crippen LogP contribution >= 0.6 is 0 Å². The van der Waals surface area contributed by atoms with Crippen molar-refractivity contribution in [3.8, 4) is 0 Å². The van der Waals surface area contributed by atoms with Crippen LogP contribution < -0.4 is 5.73 Å². The maximum Gasteiger partial charge on any atom is 0.138 e. The number of ether oxygens (including phenoxy) is 1. The van der Waals surface area contributed by atoms with Gasteiger partial charge in [0.25, 0.3) is 0 Å². The summed E-state index contributed by atoms with van der Waals surface area (Å²) in [5.74, 6) is 0.707. The number of hydrogen-bond acceptors (Lipinski definition) is 1. The third-order valence-electron chi connectivity index (χ3n) is 2.30. The molecule has 0 aromatic heterocycles. The fourth-order valence-electron chi connectivity index (χ4n) is 1.63. The lowest BCUT2D eigenvalue weighted by Crippen LogP contribution is -2.18. The lowest BCUT2D eigenvalue weighted by Gasteiger charge is -2.21. The summed E-state index contributed by atoms with van der Waals surface area (Å²) >= 11 is 0. The van der Waals surface area contributed by atoms with Gasteiger partial charge in [0.1, 0.15) is 6.23 Å². The second-order valence-corrected chi connectivity index (χ2v) is 3.44. The van der Waals surface area contributed by atoms with Gasteiger partial charge < -0.3 is 4.74 Å². The number of hydrogen-bond donors (Lipinski definition) is 0. The van der Waals surface area contributed by atoms with E-state index in [1.165, 1.54) is 32.1 Å². The van der Waals surface area contributed by atoms with Crippen LogP contribution in [0.1, 0.15) is 39.0 Å². The van der Waals surface area contributed by atoms with Crippen LogP contribution in [0.3, 0.4) is 0 Å². The van der Waals surface area contributed by atoms with Gasteiger partial charge in [-0.3, -0.25) is 0 Å².